The van der Waals surface area contributed by atoms with Gasteiger partial charge in [-0.3, -0.25) is 4.79 Å². The van der Waals surface area contributed by atoms with Gasteiger partial charge >= 0.3 is 12.1 Å². The van der Waals surface area contributed by atoms with Crippen LogP contribution in [0.3, 0.4) is 0 Å². The Morgan fingerprint density at radius 2 is 1.89 bits per heavy atom. The van der Waals surface area contributed by atoms with Crippen molar-refractivity contribution in [3.63, 3.8) is 0 Å². The zero-order valence-electron chi connectivity index (χ0n) is 17.4. The average molecular weight is 408 g/mol. The number of nitrogens with one attached hydrogen (secondary N) is 1. The minimum absolute atomic E-state index is 0.107. The maximum Gasteiger partial charge on any atom is 0.408 e. The van der Waals surface area contributed by atoms with Crippen LogP contribution < -0.4 is 5.32 Å². The monoisotopic (exact) mass is 407 g/mol. The van der Waals surface area contributed by atoms with E-state index < -0.39 is 11.7 Å². The van der Waals surface area contributed by atoms with Gasteiger partial charge in [-0.05, 0) is 45.6 Å². The number of rotatable bonds is 11. The lowest BCUT2D eigenvalue weighted by Crippen LogP contribution is -2.39. The van der Waals surface area contributed by atoms with Crippen molar-refractivity contribution in [2.45, 2.75) is 63.9 Å². The van der Waals surface area contributed by atoms with E-state index in [2.05, 4.69) is 28.3 Å². The van der Waals surface area contributed by atoms with Crippen LogP contribution in [-0.2, 0) is 20.0 Å². The highest BCUT2D eigenvalue weighted by Crippen LogP contribution is 2.14. The van der Waals surface area contributed by atoms with E-state index in [0.717, 1.165) is 30.8 Å². The first kappa shape index (κ1) is 24.1. The maximum absolute atomic E-state index is 12.1. The molecule has 0 aliphatic carbocycles. The summed E-state index contributed by atoms with van der Waals surface area (Å²) in [5, 5.41) is 2.94. The molecule has 0 fully saturated rings. The van der Waals surface area contributed by atoms with E-state index in [1.54, 1.807) is 11.8 Å². The number of hydrogen-bond acceptors (Lipinski definition) is 5. The van der Waals surface area contributed by atoms with E-state index in [4.69, 9.17) is 4.74 Å². The van der Waals surface area contributed by atoms with Crippen LogP contribution in [0.1, 0.15) is 52.0 Å². The Bertz CT molecular complexity index is 611. The molecule has 0 aliphatic rings. The normalized spacial score (nSPS) is 12.6. The summed E-state index contributed by atoms with van der Waals surface area (Å²) in [6.45, 7) is 5.55. The van der Waals surface area contributed by atoms with Gasteiger partial charge in [-0.1, -0.05) is 42.5 Å². The molecule has 1 atom stereocenters. The van der Waals surface area contributed by atoms with Crippen molar-refractivity contribution >= 4 is 23.8 Å². The van der Waals surface area contributed by atoms with Crippen LogP contribution in [0.25, 0.3) is 0 Å². The van der Waals surface area contributed by atoms with E-state index >= 15 is 0 Å². The molecule has 0 aromatic heterocycles. The standard InChI is InChI=1S/C22H33NO4S/c1-22(2,3)27-21(25)23-19(14-10-5-6-11-15-20(24)26-4)17-28-16-18-12-8-7-9-13-18/h7-10,12-14,19H,5-6,11,15-17H2,1-4H3,(H,23,25)/b14-10-/t19-/m1/s1. The summed E-state index contributed by atoms with van der Waals surface area (Å²) in [5.74, 6) is 1.47. The first-order chi connectivity index (χ1) is 13.3. The minimum Gasteiger partial charge on any atom is -0.469 e. The smallest absolute Gasteiger partial charge is 0.408 e. The highest BCUT2D eigenvalue weighted by Gasteiger charge is 2.18. The van der Waals surface area contributed by atoms with Crippen LogP contribution in [0.15, 0.2) is 42.5 Å². The molecule has 0 saturated heterocycles. The Labute approximate surface area is 173 Å². The Morgan fingerprint density at radius 3 is 2.54 bits per heavy atom. The van der Waals surface area contributed by atoms with Crippen LogP contribution in [0.5, 0.6) is 0 Å². The third-order valence-electron chi connectivity index (χ3n) is 3.71. The summed E-state index contributed by atoms with van der Waals surface area (Å²) in [6, 6.07) is 10.1. The van der Waals surface area contributed by atoms with Crippen LogP contribution in [0.2, 0.25) is 0 Å². The van der Waals surface area contributed by atoms with Gasteiger partial charge in [0.25, 0.3) is 0 Å². The number of benzene rings is 1. The van der Waals surface area contributed by atoms with Crippen LogP contribution in [0, 0.1) is 0 Å². The number of allylic oxidation sites excluding steroid dienone is 1. The number of amides is 1. The second kappa shape index (κ2) is 13.3. The van der Waals surface area contributed by atoms with E-state index in [9.17, 15) is 9.59 Å². The number of carbonyl (C=O) groups excluding carboxylic acids is 2. The van der Waals surface area contributed by atoms with Crippen LogP contribution in [0.4, 0.5) is 4.79 Å². The Kier molecular flexibility index (Phi) is 11.4. The van der Waals surface area contributed by atoms with E-state index in [0.29, 0.717) is 6.42 Å². The van der Waals surface area contributed by atoms with Crippen LogP contribution >= 0.6 is 11.8 Å². The van der Waals surface area contributed by atoms with Gasteiger partial charge in [-0.15, -0.1) is 0 Å². The van der Waals surface area contributed by atoms with Gasteiger partial charge in [0.2, 0.25) is 0 Å². The molecule has 1 amide bonds. The number of hydrogen-bond donors (Lipinski definition) is 1. The molecule has 0 unspecified atom stereocenters. The van der Waals surface area contributed by atoms with Crippen molar-refractivity contribution in [2.75, 3.05) is 12.9 Å². The van der Waals surface area contributed by atoms with E-state index in [1.807, 2.05) is 45.0 Å². The molecule has 0 heterocycles. The summed E-state index contributed by atoms with van der Waals surface area (Å²) in [4.78, 5) is 23.2. The number of carbonyl (C=O) groups is 2. The summed E-state index contributed by atoms with van der Waals surface area (Å²) in [5.41, 5.74) is 0.735. The first-order valence-electron chi connectivity index (χ1n) is 9.65. The summed E-state index contributed by atoms with van der Waals surface area (Å²) >= 11 is 1.77. The lowest BCUT2D eigenvalue weighted by Gasteiger charge is -2.22. The Hall–Kier alpha value is -1.95. The topological polar surface area (TPSA) is 64.6 Å². The lowest BCUT2D eigenvalue weighted by atomic mass is 10.1. The number of alkyl carbamates (subject to hydrolysis) is 1. The number of thioether (sulfide) groups is 1. The van der Waals surface area contributed by atoms with Gasteiger partial charge < -0.3 is 14.8 Å². The molecule has 156 valence electrons. The zero-order chi connectivity index (χ0) is 20.8. The number of unbranched alkanes of at least 4 members (excludes halogenated alkanes) is 2. The van der Waals surface area contributed by atoms with Crippen molar-refractivity contribution < 1.29 is 19.1 Å². The molecule has 0 aliphatic heterocycles. The quantitative estimate of drug-likeness (QED) is 0.314. The van der Waals surface area contributed by atoms with Gasteiger partial charge in [0, 0.05) is 17.9 Å². The zero-order valence-corrected chi connectivity index (χ0v) is 18.2. The van der Waals surface area contributed by atoms with Gasteiger partial charge in [-0.2, -0.15) is 11.8 Å². The van der Waals surface area contributed by atoms with E-state index in [1.165, 1.54) is 12.7 Å². The molecule has 0 bridgehead atoms. The Balaban J connectivity index is 2.47. The third-order valence-corrected chi connectivity index (χ3v) is 4.84. The highest BCUT2D eigenvalue weighted by molar-refractivity contribution is 7.98. The molecule has 0 saturated carbocycles. The molecule has 5 nitrogen and oxygen atoms in total. The molecule has 28 heavy (non-hydrogen) atoms. The summed E-state index contributed by atoms with van der Waals surface area (Å²) in [7, 11) is 1.41. The molecule has 1 rings (SSSR count). The fourth-order valence-electron chi connectivity index (χ4n) is 2.38. The molecule has 0 radical (unpaired) electrons. The molecule has 1 aromatic carbocycles. The fourth-order valence-corrected chi connectivity index (χ4v) is 3.37. The lowest BCUT2D eigenvalue weighted by molar-refractivity contribution is -0.140. The second-order valence-corrected chi connectivity index (χ2v) is 8.53. The fraction of sp³-hybridized carbons (Fsp3) is 0.545. The van der Waals surface area contributed by atoms with Gasteiger partial charge in [0.05, 0.1) is 13.2 Å². The van der Waals surface area contributed by atoms with Crippen molar-refractivity contribution in [1.82, 2.24) is 5.32 Å². The predicted octanol–water partition coefficient (Wildman–Crippen LogP) is 5.10. The summed E-state index contributed by atoms with van der Waals surface area (Å²) in [6.07, 6.45) is 6.66. The van der Waals surface area contributed by atoms with Crippen molar-refractivity contribution in [1.29, 1.82) is 0 Å². The molecule has 1 aromatic rings. The molecule has 0 spiro atoms. The minimum atomic E-state index is -0.524. The number of ether oxygens (including phenoxy) is 2. The Morgan fingerprint density at radius 1 is 1.18 bits per heavy atom. The first-order valence-corrected chi connectivity index (χ1v) is 10.8. The van der Waals surface area contributed by atoms with Crippen molar-refractivity contribution in [3.8, 4) is 0 Å². The average Bonchev–Trinajstić information content (AvgIpc) is 2.63. The third kappa shape index (κ3) is 12.4. The van der Waals surface area contributed by atoms with Gasteiger partial charge in [0.15, 0.2) is 0 Å². The van der Waals surface area contributed by atoms with Crippen molar-refractivity contribution in [2.24, 2.45) is 0 Å². The van der Waals surface area contributed by atoms with Gasteiger partial charge in [0.1, 0.15) is 5.60 Å². The molecular weight excluding hydrogens is 374 g/mol. The van der Waals surface area contributed by atoms with Crippen LogP contribution in [-0.4, -0.2) is 36.6 Å². The highest BCUT2D eigenvalue weighted by atomic mass is 32.2. The SMILES string of the molecule is COC(=O)CCCC/C=C\[C@H](CSCc1ccccc1)NC(=O)OC(C)(C)C. The predicted molar refractivity (Wildman–Crippen MR) is 115 cm³/mol. The number of methoxy groups -OCH3 is 1. The molecule has 1 N–H and O–H groups in total. The number of esters is 1. The molecular formula is C22H33NO4S. The largest absolute Gasteiger partial charge is 0.469 e. The van der Waals surface area contributed by atoms with E-state index in [-0.39, 0.29) is 12.0 Å². The maximum atomic E-state index is 12.1. The van der Waals surface area contributed by atoms with Gasteiger partial charge in [-0.25, -0.2) is 4.79 Å². The second-order valence-electron chi connectivity index (χ2n) is 7.50. The molecule has 6 heteroatoms. The van der Waals surface area contributed by atoms with Crippen molar-refractivity contribution in [3.05, 3.63) is 48.0 Å². The summed E-state index contributed by atoms with van der Waals surface area (Å²) < 4.78 is 10.0.